The quantitative estimate of drug-likeness (QED) is 0.0387. The highest BCUT2D eigenvalue weighted by molar-refractivity contribution is 7.99. The fourth-order valence-corrected chi connectivity index (χ4v) is 5.45. The van der Waals surface area contributed by atoms with E-state index in [-0.39, 0.29) is 34.3 Å². The average molecular weight is 813 g/mol. The highest BCUT2D eigenvalue weighted by Crippen LogP contribution is 2.31. The molecule has 2 amide bonds. The van der Waals surface area contributed by atoms with E-state index in [1.165, 1.54) is 11.1 Å². The zero-order valence-electron chi connectivity index (χ0n) is 34.1. The predicted molar refractivity (Wildman–Crippen MR) is 231 cm³/mol. The molecule has 56 heavy (non-hydrogen) atoms. The summed E-state index contributed by atoms with van der Waals surface area (Å²) in [5.74, 6) is 2.36. The molecule has 3 rings (SSSR count). The second kappa shape index (κ2) is 28.6. The Bertz CT molecular complexity index is 1630. The van der Waals surface area contributed by atoms with Crippen molar-refractivity contribution in [2.75, 3.05) is 13.2 Å². The lowest BCUT2D eigenvalue weighted by Gasteiger charge is -2.23. The minimum Gasteiger partial charge on any atom is -0.494 e. The Kier molecular flexibility index (Phi) is 26.1. The number of hydrogen-bond donors (Lipinski definition) is 5. The monoisotopic (exact) mass is 812 g/mol. The number of hydrazone groups is 2. The van der Waals surface area contributed by atoms with E-state index in [0.29, 0.717) is 26.1 Å². The molecular formula is C42H60N4O8S2. The molecule has 0 aromatic heterocycles. The maximum atomic E-state index is 12.4. The van der Waals surface area contributed by atoms with Gasteiger partial charge in [-0.1, -0.05) is 71.4 Å². The molecule has 0 fully saturated rings. The van der Waals surface area contributed by atoms with Gasteiger partial charge >= 0.3 is 0 Å². The van der Waals surface area contributed by atoms with Gasteiger partial charge in [0.2, 0.25) is 11.8 Å². The van der Waals surface area contributed by atoms with Crippen molar-refractivity contribution in [3.05, 3.63) is 95.1 Å². The second-order valence-corrected chi connectivity index (χ2v) is 16.5. The predicted octanol–water partition coefficient (Wildman–Crippen LogP) is 8.54. The lowest BCUT2D eigenvalue weighted by atomic mass is 10.1. The van der Waals surface area contributed by atoms with Gasteiger partial charge in [-0.3, -0.25) is 19.2 Å². The maximum absolute atomic E-state index is 12.4. The van der Waals surface area contributed by atoms with Crippen LogP contribution in [0.5, 0.6) is 11.5 Å². The molecule has 12 nitrogen and oxygen atoms in total. The first-order valence-electron chi connectivity index (χ1n) is 18.1. The first-order valence-corrected chi connectivity index (χ1v) is 19.6. The first-order chi connectivity index (χ1) is 26.4. The molecule has 0 heterocycles. The molecule has 0 radical (unpaired) electrons. The molecular weight excluding hydrogens is 753 g/mol. The minimum absolute atomic E-state index is 0.0753. The van der Waals surface area contributed by atoms with Gasteiger partial charge in [-0.2, -0.15) is 34.6 Å². The number of benzene rings is 3. The number of thiol groups is 1. The number of aryl methyl sites for hydroxylation is 1. The molecule has 0 aliphatic carbocycles. The Balaban J connectivity index is 0.000000983. The molecule has 0 saturated carbocycles. The summed E-state index contributed by atoms with van der Waals surface area (Å²) < 4.78 is 10.6. The zero-order chi connectivity index (χ0) is 42.6. The Morgan fingerprint density at radius 2 is 1.09 bits per heavy atom. The Morgan fingerprint density at radius 1 is 0.714 bits per heavy atom. The number of hydrogen-bond acceptors (Lipinski definition) is 10. The Morgan fingerprint density at radius 3 is 1.45 bits per heavy atom. The molecule has 0 bridgehead atoms. The third-order valence-corrected chi connectivity index (χ3v) is 8.68. The van der Waals surface area contributed by atoms with Crippen molar-refractivity contribution in [3.63, 3.8) is 0 Å². The fourth-order valence-electron chi connectivity index (χ4n) is 4.32. The standard InChI is InChI=1S/C24H32N2O2S.C16H24N2O2S.2CH2O2/c1-6-15-28-22-13-11-21(12-14-22)19(3)25-26-23(27)16-24(4,5)29-17-20-9-7-18(2)8-10-20;1-5-10-20-14-8-6-13(7-9-14)12(2)17-18-15(19)11-16(3,4)21;2*2-1-3/h7-14H,6,15-17H2,1-5H3,(H,26,27);6-9,21H,5,10-11H2,1-4H3,(H,18,19);2*1H,(H,2,3)/b25-19+;17-12+;;. The summed E-state index contributed by atoms with van der Waals surface area (Å²) in [6.07, 6.45) is 2.68. The number of nitrogens with zero attached hydrogens (tertiary/aromatic N) is 2. The van der Waals surface area contributed by atoms with Crippen LogP contribution in [-0.2, 0) is 24.9 Å². The maximum Gasteiger partial charge on any atom is 0.290 e. The van der Waals surface area contributed by atoms with Crippen LogP contribution in [0.15, 0.2) is 83.0 Å². The van der Waals surface area contributed by atoms with Gasteiger partial charge in [-0.05, 0) is 98.8 Å². The second-order valence-electron chi connectivity index (χ2n) is 13.6. The van der Waals surface area contributed by atoms with Crippen molar-refractivity contribution in [2.45, 2.75) is 103 Å². The summed E-state index contributed by atoms with van der Waals surface area (Å²) >= 11 is 6.11. The number of thioether (sulfide) groups is 1. The lowest BCUT2D eigenvalue weighted by molar-refractivity contribution is -0.123. The smallest absolute Gasteiger partial charge is 0.290 e. The van der Waals surface area contributed by atoms with Crippen molar-refractivity contribution in [3.8, 4) is 11.5 Å². The molecule has 3 aromatic rings. The summed E-state index contributed by atoms with van der Waals surface area (Å²) in [4.78, 5) is 40.8. The summed E-state index contributed by atoms with van der Waals surface area (Å²) in [7, 11) is 0. The molecule has 0 atom stereocenters. The van der Waals surface area contributed by atoms with E-state index in [4.69, 9.17) is 29.3 Å². The fraction of sp³-hybridized carbons (Fsp3) is 0.429. The van der Waals surface area contributed by atoms with E-state index in [9.17, 15) is 9.59 Å². The Labute approximate surface area is 342 Å². The van der Waals surface area contributed by atoms with E-state index in [1.807, 2.05) is 76.2 Å². The topological polar surface area (TPSA) is 176 Å². The van der Waals surface area contributed by atoms with E-state index < -0.39 is 0 Å². The van der Waals surface area contributed by atoms with E-state index in [0.717, 1.165) is 52.6 Å². The molecule has 3 aromatic carbocycles. The van der Waals surface area contributed by atoms with Gasteiger partial charge < -0.3 is 19.7 Å². The van der Waals surface area contributed by atoms with Crippen molar-refractivity contribution in [1.29, 1.82) is 0 Å². The highest BCUT2D eigenvalue weighted by Gasteiger charge is 2.22. The number of rotatable bonds is 17. The van der Waals surface area contributed by atoms with Crippen LogP contribution in [0.25, 0.3) is 0 Å². The molecule has 0 unspecified atom stereocenters. The van der Waals surface area contributed by atoms with E-state index in [1.54, 1.807) is 11.8 Å². The first kappa shape index (κ1) is 51.2. The van der Waals surface area contributed by atoms with Gasteiger partial charge in [0.1, 0.15) is 11.5 Å². The molecule has 4 N–H and O–H groups in total. The van der Waals surface area contributed by atoms with Crippen LogP contribution in [0.3, 0.4) is 0 Å². The van der Waals surface area contributed by atoms with Gasteiger partial charge in [0.05, 0.1) is 24.6 Å². The third-order valence-electron chi connectivity index (χ3n) is 7.12. The van der Waals surface area contributed by atoms with Gasteiger partial charge in [0, 0.05) is 28.1 Å². The molecule has 14 heteroatoms. The molecule has 0 spiro atoms. The highest BCUT2D eigenvalue weighted by atomic mass is 32.2. The largest absolute Gasteiger partial charge is 0.494 e. The molecule has 0 saturated heterocycles. The molecule has 0 aliphatic rings. The lowest BCUT2D eigenvalue weighted by Crippen LogP contribution is -2.28. The summed E-state index contributed by atoms with van der Waals surface area (Å²) in [5, 5.41) is 22.2. The number of nitrogens with one attached hydrogen (secondary N) is 2. The number of amides is 2. The van der Waals surface area contributed by atoms with E-state index >= 15 is 0 Å². The van der Waals surface area contributed by atoms with Gasteiger partial charge in [-0.15, -0.1) is 0 Å². The number of carbonyl (C=O) groups excluding carboxylic acids is 2. The van der Waals surface area contributed by atoms with E-state index in [2.05, 4.69) is 92.6 Å². The van der Waals surface area contributed by atoms with Gasteiger partial charge in [-0.25, -0.2) is 10.9 Å². The van der Waals surface area contributed by atoms with Crippen molar-refractivity contribution < 1.29 is 38.9 Å². The van der Waals surface area contributed by atoms with Crippen molar-refractivity contribution >= 4 is 60.6 Å². The van der Waals surface area contributed by atoms with Crippen LogP contribution in [0.2, 0.25) is 0 Å². The number of ether oxygens (including phenoxy) is 2. The van der Waals surface area contributed by atoms with Crippen LogP contribution < -0.4 is 20.3 Å². The van der Waals surface area contributed by atoms with Crippen molar-refractivity contribution in [1.82, 2.24) is 10.9 Å². The average Bonchev–Trinajstić information content (AvgIpc) is 3.14. The molecule has 308 valence electrons. The zero-order valence-corrected chi connectivity index (χ0v) is 35.8. The summed E-state index contributed by atoms with van der Waals surface area (Å²) in [6.45, 7) is 18.9. The van der Waals surface area contributed by atoms with Crippen LogP contribution in [0, 0.1) is 6.92 Å². The van der Waals surface area contributed by atoms with Crippen LogP contribution in [-0.4, -0.2) is 69.1 Å². The van der Waals surface area contributed by atoms with Crippen molar-refractivity contribution in [2.24, 2.45) is 10.2 Å². The SMILES string of the molecule is CCCOc1ccc(/C(C)=N/NC(=O)CC(C)(C)S)cc1.CCCOc1ccc(/C(C)=N/NC(=O)CC(C)(C)SCc2ccc(C)cc2)cc1.O=CO.O=CO. The number of carboxylic acid groups (broad SMARTS) is 2. The molecule has 0 aliphatic heterocycles. The van der Waals surface area contributed by atoms with Gasteiger partial charge in [0.15, 0.2) is 0 Å². The minimum atomic E-state index is -0.341. The van der Waals surface area contributed by atoms with Crippen LogP contribution >= 0.6 is 24.4 Å². The summed E-state index contributed by atoms with van der Waals surface area (Å²) in [6, 6.07) is 24.0. The number of carbonyl (C=O) groups is 4. The third kappa shape index (κ3) is 25.3. The van der Waals surface area contributed by atoms with Gasteiger partial charge in [0.25, 0.3) is 12.9 Å². The Hall–Kier alpha value is -4.82. The normalized spacial score (nSPS) is 11.2. The summed E-state index contributed by atoms with van der Waals surface area (Å²) in [5.41, 5.74) is 11.2. The van der Waals surface area contributed by atoms with Crippen LogP contribution in [0.1, 0.15) is 103 Å². The van der Waals surface area contributed by atoms with Crippen LogP contribution in [0.4, 0.5) is 0 Å².